The van der Waals surface area contributed by atoms with Crippen molar-refractivity contribution in [2.24, 2.45) is 0 Å². The van der Waals surface area contributed by atoms with Crippen LogP contribution in [0.4, 0.5) is 5.82 Å². The lowest BCUT2D eigenvalue weighted by Crippen LogP contribution is -2.26. The Labute approximate surface area is 121 Å². The zero-order valence-corrected chi connectivity index (χ0v) is 12.6. The number of anilines is 1. The monoisotopic (exact) mass is 279 g/mol. The predicted molar refractivity (Wildman–Crippen MR) is 81.3 cm³/mol. The SMILES string of the molecule is CCN(CC)CCCC(C)Nc1ncccc1C(=O)O. The van der Waals surface area contributed by atoms with E-state index in [4.69, 9.17) is 5.11 Å². The van der Waals surface area contributed by atoms with Crippen LogP contribution in [-0.2, 0) is 0 Å². The molecule has 1 heterocycles. The lowest BCUT2D eigenvalue weighted by Gasteiger charge is -2.20. The molecule has 1 rings (SSSR count). The van der Waals surface area contributed by atoms with E-state index in [0.29, 0.717) is 5.82 Å². The summed E-state index contributed by atoms with van der Waals surface area (Å²) in [6.07, 6.45) is 3.69. The van der Waals surface area contributed by atoms with Crippen molar-refractivity contribution < 1.29 is 9.90 Å². The van der Waals surface area contributed by atoms with Gasteiger partial charge in [-0.1, -0.05) is 13.8 Å². The molecule has 1 aromatic rings. The second-order valence-corrected chi connectivity index (χ2v) is 4.92. The van der Waals surface area contributed by atoms with Crippen molar-refractivity contribution in [1.82, 2.24) is 9.88 Å². The van der Waals surface area contributed by atoms with Crippen molar-refractivity contribution >= 4 is 11.8 Å². The van der Waals surface area contributed by atoms with Crippen LogP contribution in [0.2, 0.25) is 0 Å². The van der Waals surface area contributed by atoms with E-state index in [9.17, 15) is 4.79 Å². The van der Waals surface area contributed by atoms with Gasteiger partial charge in [-0.25, -0.2) is 9.78 Å². The Morgan fingerprint density at radius 3 is 2.75 bits per heavy atom. The van der Waals surface area contributed by atoms with Crippen molar-refractivity contribution in [3.8, 4) is 0 Å². The summed E-state index contributed by atoms with van der Waals surface area (Å²) in [5.74, 6) is -0.494. The summed E-state index contributed by atoms with van der Waals surface area (Å²) in [6.45, 7) is 9.61. The highest BCUT2D eigenvalue weighted by Gasteiger charge is 2.12. The smallest absolute Gasteiger partial charge is 0.339 e. The van der Waals surface area contributed by atoms with Gasteiger partial charge in [0.05, 0.1) is 0 Å². The van der Waals surface area contributed by atoms with Crippen molar-refractivity contribution in [2.75, 3.05) is 25.0 Å². The third kappa shape index (κ3) is 5.17. The highest BCUT2D eigenvalue weighted by molar-refractivity contribution is 5.93. The topological polar surface area (TPSA) is 65.5 Å². The Morgan fingerprint density at radius 2 is 2.15 bits per heavy atom. The molecule has 0 amide bonds. The van der Waals surface area contributed by atoms with Crippen LogP contribution >= 0.6 is 0 Å². The molecule has 0 spiro atoms. The Kier molecular flexibility index (Phi) is 7.01. The average molecular weight is 279 g/mol. The molecule has 1 unspecified atom stereocenters. The van der Waals surface area contributed by atoms with Gasteiger partial charge in [-0.3, -0.25) is 0 Å². The normalized spacial score (nSPS) is 12.4. The number of hydrogen-bond acceptors (Lipinski definition) is 4. The molecule has 0 fully saturated rings. The molecule has 1 atom stereocenters. The molecule has 0 bridgehead atoms. The lowest BCUT2D eigenvalue weighted by molar-refractivity contribution is 0.0697. The summed E-state index contributed by atoms with van der Waals surface area (Å²) >= 11 is 0. The van der Waals surface area contributed by atoms with E-state index in [-0.39, 0.29) is 11.6 Å². The fourth-order valence-corrected chi connectivity index (χ4v) is 2.16. The molecule has 1 aromatic heterocycles. The van der Waals surface area contributed by atoms with Crippen LogP contribution in [0, 0.1) is 0 Å². The van der Waals surface area contributed by atoms with Crippen LogP contribution in [0.5, 0.6) is 0 Å². The van der Waals surface area contributed by atoms with Crippen LogP contribution in [0.25, 0.3) is 0 Å². The van der Waals surface area contributed by atoms with Gasteiger partial charge in [-0.15, -0.1) is 0 Å². The van der Waals surface area contributed by atoms with E-state index >= 15 is 0 Å². The number of rotatable bonds is 9. The molecule has 0 radical (unpaired) electrons. The molecule has 0 saturated heterocycles. The van der Waals surface area contributed by atoms with Crippen LogP contribution in [0.3, 0.4) is 0 Å². The quantitative estimate of drug-likeness (QED) is 0.727. The van der Waals surface area contributed by atoms with E-state index in [2.05, 4.69) is 36.0 Å². The molecular weight excluding hydrogens is 254 g/mol. The Morgan fingerprint density at radius 1 is 1.45 bits per heavy atom. The highest BCUT2D eigenvalue weighted by Crippen LogP contribution is 2.14. The van der Waals surface area contributed by atoms with Gasteiger partial charge < -0.3 is 15.3 Å². The van der Waals surface area contributed by atoms with E-state index in [1.165, 1.54) is 0 Å². The van der Waals surface area contributed by atoms with Crippen LogP contribution < -0.4 is 5.32 Å². The molecule has 0 saturated carbocycles. The zero-order valence-electron chi connectivity index (χ0n) is 12.6. The first-order valence-corrected chi connectivity index (χ1v) is 7.25. The number of hydrogen-bond donors (Lipinski definition) is 2. The number of carbonyl (C=O) groups is 1. The average Bonchev–Trinajstić information content (AvgIpc) is 2.44. The molecule has 0 aromatic carbocycles. The number of nitrogens with zero attached hydrogens (tertiary/aromatic N) is 2. The summed E-state index contributed by atoms with van der Waals surface area (Å²) in [5, 5.41) is 12.3. The first-order valence-electron chi connectivity index (χ1n) is 7.25. The summed E-state index contributed by atoms with van der Waals surface area (Å²) in [5.41, 5.74) is 0.225. The molecule has 5 nitrogen and oxygen atoms in total. The third-order valence-electron chi connectivity index (χ3n) is 3.43. The molecule has 112 valence electrons. The number of aromatic carboxylic acids is 1. The highest BCUT2D eigenvalue weighted by atomic mass is 16.4. The minimum absolute atomic E-state index is 0.207. The van der Waals surface area contributed by atoms with Crippen molar-refractivity contribution in [3.63, 3.8) is 0 Å². The van der Waals surface area contributed by atoms with E-state index in [0.717, 1.165) is 32.5 Å². The fourth-order valence-electron chi connectivity index (χ4n) is 2.16. The van der Waals surface area contributed by atoms with Crippen molar-refractivity contribution in [3.05, 3.63) is 23.9 Å². The molecular formula is C15H25N3O2. The molecule has 20 heavy (non-hydrogen) atoms. The summed E-state index contributed by atoms with van der Waals surface area (Å²) in [7, 11) is 0. The van der Waals surface area contributed by atoms with Crippen LogP contribution in [-0.4, -0.2) is 46.6 Å². The summed E-state index contributed by atoms with van der Waals surface area (Å²) in [4.78, 5) is 17.6. The lowest BCUT2D eigenvalue weighted by atomic mass is 10.1. The summed E-state index contributed by atoms with van der Waals surface area (Å²) in [6, 6.07) is 3.42. The van der Waals surface area contributed by atoms with Gasteiger partial charge in [0.15, 0.2) is 0 Å². The third-order valence-corrected chi connectivity index (χ3v) is 3.43. The van der Waals surface area contributed by atoms with Crippen molar-refractivity contribution in [1.29, 1.82) is 0 Å². The Bertz CT molecular complexity index is 419. The van der Waals surface area contributed by atoms with Crippen molar-refractivity contribution in [2.45, 2.75) is 39.7 Å². The molecule has 5 heteroatoms. The largest absolute Gasteiger partial charge is 0.478 e. The number of pyridine rings is 1. The van der Waals surface area contributed by atoms with Crippen LogP contribution in [0.1, 0.15) is 44.0 Å². The molecule has 2 N–H and O–H groups in total. The number of carboxylic acid groups (broad SMARTS) is 1. The second-order valence-electron chi connectivity index (χ2n) is 4.92. The molecule has 0 aliphatic carbocycles. The predicted octanol–water partition coefficient (Wildman–Crippen LogP) is 2.70. The molecule has 0 aliphatic rings. The number of aromatic nitrogens is 1. The van der Waals surface area contributed by atoms with E-state index in [1.54, 1.807) is 18.3 Å². The minimum atomic E-state index is -0.948. The Balaban J connectivity index is 2.46. The first kappa shape index (κ1) is 16.4. The van der Waals surface area contributed by atoms with E-state index < -0.39 is 5.97 Å². The maximum atomic E-state index is 11.1. The maximum absolute atomic E-state index is 11.1. The van der Waals surface area contributed by atoms with Gasteiger partial charge >= 0.3 is 5.97 Å². The standard InChI is InChI=1S/C15H25N3O2/c1-4-18(5-2)11-7-8-12(3)17-14-13(15(19)20)9-6-10-16-14/h6,9-10,12H,4-5,7-8,11H2,1-3H3,(H,16,17)(H,19,20). The number of nitrogens with one attached hydrogen (secondary N) is 1. The fraction of sp³-hybridized carbons (Fsp3) is 0.600. The van der Waals surface area contributed by atoms with Gasteiger partial charge in [0, 0.05) is 12.2 Å². The van der Waals surface area contributed by atoms with Gasteiger partial charge in [0.2, 0.25) is 0 Å². The maximum Gasteiger partial charge on any atom is 0.339 e. The minimum Gasteiger partial charge on any atom is -0.478 e. The zero-order chi connectivity index (χ0) is 15.0. The second kappa shape index (κ2) is 8.53. The van der Waals surface area contributed by atoms with Gasteiger partial charge in [0.25, 0.3) is 0 Å². The first-order chi connectivity index (χ1) is 9.58. The molecule has 0 aliphatic heterocycles. The number of carboxylic acids is 1. The Hall–Kier alpha value is -1.62. The van der Waals surface area contributed by atoms with Gasteiger partial charge in [-0.2, -0.15) is 0 Å². The van der Waals surface area contributed by atoms with Crippen LogP contribution in [0.15, 0.2) is 18.3 Å². The van der Waals surface area contributed by atoms with Gasteiger partial charge in [0.1, 0.15) is 11.4 Å². The summed E-state index contributed by atoms with van der Waals surface area (Å²) < 4.78 is 0. The van der Waals surface area contributed by atoms with Gasteiger partial charge in [-0.05, 0) is 51.5 Å². The van der Waals surface area contributed by atoms with E-state index in [1.807, 2.05) is 0 Å².